The summed E-state index contributed by atoms with van der Waals surface area (Å²) in [5.41, 5.74) is 0. The van der Waals surface area contributed by atoms with Gasteiger partial charge in [-0.25, -0.2) is 0 Å². The van der Waals surface area contributed by atoms with E-state index in [1.807, 2.05) is 11.4 Å². The molecule has 1 unspecified atom stereocenters. The van der Waals surface area contributed by atoms with Gasteiger partial charge < -0.3 is 5.11 Å². The molecule has 1 aromatic rings. The van der Waals surface area contributed by atoms with Gasteiger partial charge in [0.15, 0.2) is 0 Å². The summed E-state index contributed by atoms with van der Waals surface area (Å²) in [4.78, 5) is 0.894. The molecule has 1 atom stereocenters. The summed E-state index contributed by atoms with van der Waals surface area (Å²) in [5.74, 6) is 1.84. The molecule has 1 nitrogen and oxygen atoms in total. The summed E-state index contributed by atoms with van der Waals surface area (Å²) in [6, 6.07) is 1.83. The van der Waals surface area contributed by atoms with Crippen molar-refractivity contribution in [2.24, 2.45) is 0 Å². The number of halogens is 1. The number of aliphatic hydroxyl groups excluding tert-OH is 1. The van der Waals surface area contributed by atoms with Crippen molar-refractivity contribution in [1.82, 2.24) is 0 Å². The second-order valence-electron chi connectivity index (χ2n) is 2.72. The van der Waals surface area contributed by atoms with Crippen LogP contribution in [0.4, 0.5) is 0 Å². The van der Waals surface area contributed by atoms with Crippen LogP contribution in [-0.2, 0) is 0 Å². The highest BCUT2D eigenvalue weighted by Gasteiger charge is 2.12. The van der Waals surface area contributed by atoms with Gasteiger partial charge in [0, 0.05) is 5.75 Å². The van der Waals surface area contributed by atoms with Gasteiger partial charge >= 0.3 is 0 Å². The van der Waals surface area contributed by atoms with E-state index in [4.69, 9.17) is 11.6 Å². The van der Waals surface area contributed by atoms with E-state index in [0.717, 1.165) is 22.8 Å². The van der Waals surface area contributed by atoms with Crippen molar-refractivity contribution < 1.29 is 5.11 Å². The lowest BCUT2D eigenvalue weighted by molar-refractivity contribution is 0.208. The average Bonchev–Trinajstić information content (AvgIpc) is 2.52. The number of hydrogen-bond acceptors (Lipinski definition) is 3. The Morgan fingerprint density at radius 3 is 3.00 bits per heavy atom. The first-order valence-corrected chi connectivity index (χ1v) is 6.65. The van der Waals surface area contributed by atoms with Crippen molar-refractivity contribution in [2.75, 3.05) is 11.5 Å². The molecule has 1 N–H and O–H groups in total. The van der Waals surface area contributed by atoms with Crippen LogP contribution < -0.4 is 0 Å². The Balaban J connectivity index is 2.39. The van der Waals surface area contributed by atoms with Gasteiger partial charge in [0.2, 0.25) is 0 Å². The van der Waals surface area contributed by atoms with Gasteiger partial charge in [-0.15, -0.1) is 11.3 Å². The van der Waals surface area contributed by atoms with Gasteiger partial charge in [0.1, 0.15) is 0 Å². The fourth-order valence-electron chi connectivity index (χ4n) is 0.958. The van der Waals surface area contributed by atoms with Gasteiger partial charge in [0.05, 0.1) is 16.0 Å². The molecule has 0 aliphatic rings. The number of thioether (sulfide) groups is 1. The zero-order valence-electron chi connectivity index (χ0n) is 7.50. The van der Waals surface area contributed by atoms with Crippen LogP contribution in [0.2, 0.25) is 5.02 Å². The summed E-state index contributed by atoms with van der Waals surface area (Å²) < 4.78 is 0. The molecule has 74 valence electrons. The van der Waals surface area contributed by atoms with Crippen molar-refractivity contribution in [3.05, 3.63) is 21.3 Å². The zero-order valence-corrected chi connectivity index (χ0v) is 9.88. The predicted octanol–water partition coefficient (Wildman–Crippen LogP) is 3.58. The van der Waals surface area contributed by atoms with Gasteiger partial charge in [-0.1, -0.05) is 18.5 Å². The monoisotopic (exact) mass is 236 g/mol. The van der Waals surface area contributed by atoms with Crippen LogP contribution in [0.1, 0.15) is 24.3 Å². The maximum atomic E-state index is 9.72. The zero-order chi connectivity index (χ0) is 9.68. The number of hydrogen-bond donors (Lipinski definition) is 1. The van der Waals surface area contributed by atoms with Gasteiger partial charge in [-0.2, -0.15) is 11.8 Å². The molecule has 1 heterocycles. The quantitative estimate of drug-likeness (QED) is 0.789. The van der Waals surface area contributed by atoms with E-state index in [2.05, 4.69) is 6.92 Å². The summed E-state index contributed by atoms with van der Waals surface area (Å²) in [6.45, 7) is 2.14. The van der Waals surface area contributed by atoms with Crippen LogP contribution in [-0.4, -0.2) is 16.6 Å². The highest BCUT2D eigenvalue weighted by molar-refractivity contribution is 7.99. The van der Waals surface area contributed by atoms with Crippen LogP contribution in [0.5, 0.6) is 0 Å². The second-order valence-corrected chi connectivity index (χ2v) is 5.23. The lowest BCUT2D eigenvalue weighted by Gasteiger charge is -2.07. The Hall–Kier alpha value is 0.300. The third-order valence-corrected chi connectivity index (χ3v) is 4.28. The smallest absolute Gasteiger partial charge is 0.0986 e. The minimum Gasteiger partial charge on any atom is -0.387 e. The van der Waals surface area contributed by atoms with Crippen LogP contribution in [0.25, 0.3) is 0 Å². The number of rotatable bonds is 5. The van der Waals surface area contributed by atoms with E-state index in [1.54, 1.807) is 11.8 Å². The molecule has 13 heavy (non-hydrogen) atoms. The molecule has 0 fully saturated rings. The molecule has 0 spiro atoms. The molecule has 0 saturated carbocycles. The molecule has 0 aromatic carbocycles. The fraction of sp³-hybridized carbons (Fsp3) is 0.556. The fourth-order valence-corrected chi connectivity index (χ4v) is 3.08. The number of thiophene rings is 1. The Labute approximate surface area is 92.1 Å². The van der Waals surface area contributed by atoms with Crippen molar-refractivity contribution in [1.29, 1.82) is 0 Å². The van der Waals surface area contributed by atoms with E-state index in [9.17, 15) is 5.11 Å². The maximum Gasteiger partial charge on any atom is 0.0986 e. The third-order valence-electron chi connectivity index (χ3n) is 1.57. The van der Waals surface area contributed by atoms with E-state index in [1.165, 1.54) is 11.3 Å². The van der Waals surface area contributed by atoms with E-state index in [0.29, 0.717) is 5.02 Å². The van der Waals surface area contributed by atoms with Crippen LogP contribution >= 0.6 is 34.7 Å². The highest BCUT2D eigenvalue weighted by atomic mass is 35.5. The SMILES string of the molecule is CCCSCC(O)c1sccc1Cl. The van der Waals surface area contributed by atoms with Crippen LogP contribution in [0.15, 0.2) is 11.4 Å². The predicted molar refractivity (Wildman–Crippen MR) is 61.9 cm³/mol. The van der Waals surface area contributed by atoms with Crippen molar-refractivity contribution in [3.8, 4) is 0 Å². The largest absolute Gasteiger partial charge is 0.387 e. The molecule has 0 radical (unpaired) electrons. The first-order chi connectivity index (χ1) is 6.25. The normalized spacial score (nSPS) is 13.2. The molecule has 0 saturated heterocycles. The first-order valence-electron chi connectivity index (χ1n) is 4.24. The average molecular weight is 237 g/mol. The van der Waals surface area contributed by atoms with Gasteiger partial charge in [-0.05, 0) is 23.6 Å². The molecular formula is C9H13ClOS2. The Kier molecular flexibility index (Phi) is 5.17. The molecule has 0 amide bonds. The summed E-state index contributed by atoms with van der Waals surface area (Å²) in [5, 5.41) is 12.3. The lowest BCUT2D eigenvalue weighted by Crippen LogP contribution is -1.99. The Bertz CT molecular complexity index is 250. The van der Waals surface area contributed by atoms with Gasteiger partial charge in [-0.3, -0.25) is 0 Å². The summed E-state index contributed by atoms with van der Waals surface area (Å²) in [7, 11) is 0. The molecule has 0 aliphatic heterocycles. The molecule has 1 rings (SSSR count). The van der Waals surface area contributed by atoms with E-state index < -0.39 is 6.10 Å². The second kappa shape index (κ2) is 5.91. The maximum absolute atomic E-state index is 9.72. The highest BCUT2D eigenvalue weighted by Crippen LogP contribution is 2.30. The van der Waals surface area contributed by atoms with Crippen molar-refractivity contribution >= 4 is 34.7 Å². The Morgan fingerprint density at radius 1 is 1.69 bits per heavy atom. The first kappa shape index (κ1) is 11.4. The standard InChI is InChI=1S/C9H13ClOS2/c1-2-4-12-6-8(11)9-7(10)3-5-13-9/h3,5,8,11H,2,4,6H2,1H3. The molecular weight excluding hydrogens is 224 g/mol. The number of aliphatic hydroxyl groups is 1. The molecule has 0 aliphatic carbocycles. The lowest BCUT2D eigenvalue weighted by atomic mass is 10.3. The van der Waals surface area contributed by atoms with E-state index >= 15 is 0 Å². The minimum atomic E-state index is -0.399. The van der Waals surface area contributed by atoms with E-state index in [-0.39, 0.29) is 0 Å². The summed E-state index contributed by atoms with van der Waals surface area (Å²) in [6.07, 6.45) is 0.749. The topological polar surface area (TPSA) is 20.2 Å². The molecule has 0 bridgehead atoms. The van der Waals surface area contributed by atoms with Crippen molar-refractivity contribution in [3.63, 3.8) is 0 Å². The molecule has 4 heteroatoms. The minimum absolute atomic E-state index is 0.399. The molecule has 1 aromatic heterocycles. The Morgan fingerprint density at radius 2 is 2.46 bits per heavy atom. The van der Waals surface area contributed by atoms with Crippen LogP contribution in [0, 0.1) is 0 Å². The van der Waals surface area contributed by atoms with Gasteiger partial charge in [0.25, 0.3) is 0 Å². The third kappa shape index (κ3) is 3.50. The van der Waals surface area contributed by atoms with Crippen LogP contribution in [0.3, 0.4) is 0 Å². The summed E-state index contributed by atoms with van der Waals surface area (Å²) >= 11 is 9.18. The van der Waals surface area contributed by atoms with Crippen molar-refractivity contribution in [2.45, 2.75) is 19.4 Å².